The number of aromatic nitrogens is 5. The van der Waals surface area contributed by atoms with Crippen molar-refractivity contribution in [3.8, 4) is 0 Å². The zero-order valence-corrected chi connectivity index (χ0v) is 19.1. The Morgan fingerprint density at radius 1 is 1.32 bits per heavy atom. The first-order valence-electron chi connectivity index (χ1n) is 11.6. The summed E-state index contributed by atoms with van der Waals surface area (Å²) < 4.78 is 13.9. The molecule has 10 nitrogen and oxygen atoms in total. The maximum Gasteiger partial charge on any atom is 0.349 e. The first-order chi connectivity index (χ1) is 16.4. The Morgan fingerprint density at radius 2 is 2.18 bits per heavy atom. The smallest absolute Gasteiger partial charge is 0.349 e. The quantitative estimate of drug-likeness (QED) is 0.290. The number of amides is 1. The molecule has 3 aromatic heterocycles. The van der Waals surface area contributed by atoms with E-state index < -0.39 is 12.0 Å². The molecule has 1 aliphatic carbocycles. The molecule has 0 unspecified atom stereocenters. The van der Waals surface area contributed by atoms with Gasteiger partial charge in [-0.05, 0) is 43.7 Å². The van der Waals surface area contributed by atoms with Crippen LogP contribution in [0.25, 0.3) is 0 Å². The Kier molecular flexibility index (Phi) is 5.76. The first-order valence-corrected chi connectivity index (χ1v) is 11.6. The first kappa shape index (κ1) is 22.1. The van der Waals surface area contributed by atoms with Gasteiger partial charge in [0.25, 0.3) is 5.91 Å². The fourth-order valence-electron chi connectivity index (χ4n) is 4.57. The summed E-state index contributed by atoms with van der Waals surface area (Å²) in [5.74, 6) is 0.565. The van der Waals surface area contributed by atoms with Crippen LogP contribution in [-0.2, 0) is 17.6 Å². The van der Waals surface area contributed by atoms with E-state index in [-0.39, 0.29) is 17.8 Å². The minimum absolute atomic E-state index is 0.206. The second-order valence-corrected chi connectivity index (χ2v) is 9.03. The van der Waals surface area contributed by atoms with Crippen molar-refractivity contribution >= 4 is 29.2 Å². The normalized spacial score (nSPS) is 17.3. The summed E-state index contributed by atoms with van der Waals surface area (Å²) in [5.41, 5.74) is 3.14. The molecule has 0 saturated carbocycles. The van der Waals surface area contributed by atoms with Crippen molar-refractivity contribution in [1.82, 2.24) is 20.2 Å². The Bertz CT molecular complexity index is 1210. The van der Waals surface area contributed by atoms with Gasteiger partial charge in [-0.1, -0.05) is 13.8 Å². The van der Waals surface area contributed by atoms with Crippen LogP contribution >= 0.6 is 0 Å². The van der Waals surface area contributed by atoms with Crippen molar-refractivity contribution in [3.05, 3.63) is 52.5 Å². The lowest BCUT2D eigenvalue weighted by molar-refractivity contribution is -0.580. The van der Waals surface area contributed by atoms with Gasteiger partial charge < -0.3 is 10.5 Å². The van der Waals surface area contributed by atoms with Crippen LogP contribution in [0.5, 0.6) is 0 Å². The highest BCUT2D eigenvalue weighted by atomic mass is 19.1. The van der Waals surface area contributed by atoms with Gasteiger partial charge in [-0.3, -0.25) is 20.1 Å². The summed E-state index contributed by atoms with van der Waals surface area (Å²) in [6.07, 6.45) is 5.06. The van der Waals surface area contributed by atoms with Crippen molar-refractivity contribution in [1.29, 1.82) is 0 Å². The summed E-state index contributed by atoms with van der Waals surface area (Å²) in [6.45, 7) is 4.66. The molecule has 1 amide bonds. The Hall–Kier alpha value is -3.76. The number of hydrogen-bond acceptors (Lipinski definition) is 7. The SMILES string of the molecule is CC(C)c1cc(Nc2c3c(nc(N4CCC[C@@H]4C(=O)Nc4ccc(F)nc4)[n+]2[O-])CCC3)n[nH]1. The van der Waals surface area contributed by atoms with E-state index in [9.17, 15) is 14.4 Å². The number of aromatic amines is 1. The average Bonchev–Trinajstić information content (AvgIpc) is 3.57. The van der Waals surface area contributed by atoms with Gasteiger partial charge in [0.05, 0.1) is 24.0 Å². The third-order valence-electron chi connectivity index (χ3n) is 6.37. The van der Waals surface area contributed by atoms with Gasteiger partial charge in [0, 0.05) is 18.2 Å². The summed E-state index contributed by atoms with van der Waals surface area (Å²) in [5, 5.41) is 26.8. The Labute approximate surface area is 196 Å². The lowest BCUT2D eigenvalue weighted by Gasteiger charge is -2.26. The molecule has 0 radical (unpaired) electrons. The number of aryl methyl sites for hydroxylation is 1. The molecule has 5 rings (SSSR count). The number of rotatable bonds is 6. The highest BCUT2D eigenvalue weighted by molar-refractivity contribution is 5.96. The number of hydrogen-bond donors (Lipinski definition) is 3. The molecule has 0 spiro atoms. The van der Waals surface area contributed by atoms with E-state index in [0.29, 0.717) is 30.3 Å². The number of fused-ring (bicyclic) bond motifs is 1. The summed E-state index contributed by atoms with van der Waals surface area (Å²) in [7, 11) is 0. The summed E-state index contributed by atoms with van der Waals surface area (Å²) in [4.78, 5) is 23.0. The average molecular weight is 467 g/mol. The monoisotopic (exact) mass is 466 g/mol. The summed E-state index contributed by atoms with van der Waals surface area (Å²) >= 11 is 0. The van der Waals surface area contributed by atoms with Crippen LogP contribution in [0.1, 0.15) is 56.0 Å². The van der Waals surface area contributed by atoms with Gasteiger partial charge in [-0.2, -0.15) is 4.39 Å². The molecular weight excluding hydrogens is 439 g/mol. The molecule has 1 fully saturated rings. The predicted octanol–water partition coefficient (Wildman–Crippen LogP) is 2.94. The van der Waals surface area contributed by atoms with E-state index in [2.05, 4.69) is 44.6 Å². The highest BCUT2D eigenvalue weighted by Gasteiger charge is 2.39. The van der Waals surface area contributed by atoms with Crippen LogP contribution in [-0.4, -0.2) is 38.7 Å². The molecule has 1 atom stereocenters. The van der Waals surface area contributed by atoms with E-state index in [4.69, 9.17) is 0 Å². The third kappa shape index (κ3) is 4.13. The molecule has 178 valence electrons. The lowest BCUT2D eigenvalue weighted by Crippen LogP contribution is -2.48. The Balaban J connectivity index is 1.45. The van der Waals surface area contributed by atoms with Crippen molar-refractivity contribution in [2.24, 2.45) is 0 Å². The molecule has 3 aromatic rings. The maximum atomic E-state index is 13.6. The molecule has 1 aliphatic heterocycles. The molecule has 3 N–H and O–H groups in total. The third-order valence-corrected chi connectivity index (χ3v) is 6.37. The zero-order chi connectivity index (χ0) is 23.8. The van der Waals surface area contributed by atoms with Gasteiger partial charge in [-0.25, -0.2) is 9.71 Å². The van der Waals surface area contributed by atoms with Gasteiger partial charge in [0.15, 0.2) is 5.82 Å². The number of carbonyl (C=O) groups is 1. The molecule has 4 heterocycles. The van der Waals surface area contributed by atoms with Gasteiger partial charge >= 0.3 is 5.95 Å². The Morgan fingerprint density at radius 3 is 2.91 bits per heavy atom. The minimum Gasteiger partial charge on any atom is -0.754 e. The largest absolute Gasteiger partial charge is 0.754 e. The van der Waals surface area contributed by atoms with Crippen molar-refractivity contribution < 1.29 is 13.9 Å². The molecule has 2 aliphatic rings. The van der Waals surface area contributed by atoms with Gasteiger partial charge in [0.1, 0.15) is 11.7 Å². The molecule has 0 aromatic carbocycles. The van der Waals surface area contributed by atoms with Crippen LogP contribution in [0, 0.1) is 11.2 Å². The number of nitrogens with one attached hydrogen (secondary N) is 3. The van der Waals surface area contributed by atoms with E-state index >= 15 is 0 Å². The van der Waals surface area contributed by atoms with Crippen LogP contribution < -0.4 is 20.3 Å². The fraction of sp³-hybridized carbons (Fsp3) is 0.435. The number of pyridine rings is 1. The van der Waals surface area contributed by atoms with Crippen molar-refractivity contribution in [2.45, 2.75) is 57.9 Å². The molecular formula is C23H27FN8O2. The maximum absolute atomic E-state index is 13.6. The minimum atomic E-state index is -0.618. The van der Waals surface area contributed by atoms with Crippen LogP contribution in [0.15, 0.2) is 24.4 Å². The number of nitrogens with zero attached hydrogens (tertiary/aromatic N) is 5. The van der Waals surface area contributed by atoms with Crippen LogP contribution in [0.4, 0.5) is 27.7 Å². The highest BCUT2D eigenvalue weighted by Crippen LogP contribution is 2.31. The number of anilines is 4. The second-order valence-electron chi connectivity index (χ2n) is 9.03. The van der Waals surface area contributed by atoms with Crippen LogP contribution in [0.2, 0.25) is 0 Å². The molecule has 1 saturated heterocycles. The van der Waals surface area contributed by atoms with Gasteiger partial charge in [0.2, 0.25) is 11.8 Å². The van der Waals surface area contributed by atoms with Gasteiger partial charge in [-0.15, -0.1) is 10.1 Å². The predicted molar refractivity (Wildman–Crippen MR) is 124 cm³/mol. The fourth-order valence-corrected chi connectivity index (χ4v) is 4.57. The van der Waals surface area contributed by atoms with Crippen LogP contribution in [0.3, 0.4) is 0 Å². The molecule has 0 bridgehead atoms. The standard InChI is InChI=1S/C23H27FN8O2/c1-13(2)17-11-20(30-29-17)28-21-15-5-3-6-16(15)27-23(32(21)34)31-10-4-7-18(31)22(33)26-14-8-9-19(24)25-12-14/h8-9,11-13,18H,3-7,10H2,1-2H3,(H,26,33)(H2,28,29,30)/t18-/m1/s1. The molecule has 11 heteroatoms. The van der Waals surface area contributed by atoms with Crippen molar-refractivity contribution in [2.75, 3.05) is 22.1 Å². The molecule has 34 heavy (non-hydrogen) atoms. The lowest BCUT2D eigenvalue weighted by atomic mass is 10.1. The topological polar surface area (TPSA) is 126 Å². The summed E-state index contributed by atoms with van der Waals surface area (Å²) in [6, 6.07) is 3.98. The van der Waals surface area contributed by atoms with E-state index in [1.807, 2.05) is 6.07 Å². The van der Waals surface area contributed by atoms with E-state index in [1.54, 1.807) is 4.90 Å². The van der Waals surface area contributed by atoms with E-state index in [0.717, 1.165) is 47.4 Å². The number of halogens is 1. The van der Waals surface area contributed by atoms with Crippen molar-refractivity contribution in [3.63, 3.8) is 0 Å². The van der Waals surface area contributed by atoms with E-state index in [1.165, 1.54) is 18.3 Å². The zero-order valence-electron chi connectivity index (χ0n) is 19.1. The number of H-pyrrole nitrogens is 1. The number of carbonyl (C=O) groups excluding carboxylic acids is 1. The second kappa shape index (κ2) is 8.88.